The largest absolute Gasteiger partial charge is 0.461 e. The van der Waals surface area contributed by atoms with Crippen LogP contribution in [0, 0.1) is 5.92 Å². The molecule has 4 rings (SSSR count). The smallest absolute Gasteiger partial charge is 0.293 e. The molecule has 0 unspecified atom stereocenters. The molecule has 0 saturated heterocycles. The number of hydrogen-bond donors (Lipinski definition) is 1. The molecule has 0 aromatic heterocycles. The van der Waals surface area contributed by atoms with Crippen LogP contribution in [0.2, 0.25) is 0 Å². The first kappa shape index (κ1) is 23.7. The number of rotatable bonds is 10. The molecular weight excluding hydrogens is 416 g/mol. The monoisotopic (exact) mass is 450 g/mol. The number of ether oxygens (including phenoxy) is 3. The van der Waals surface area contributed by atoms with Gasteiger partial charge in [-0.15, -0.1) is 0 Å². The van der Waals surface area contributed by atoms with Crippen molar-refractivity contribution in [2.45, 2.75) is 76.2 Å². The van der Waals surface area contributed by atoms with Crippen molar-refractivity contribution in [2.24, 2.45) is 5.92 Å². The number of hydrogen-bond acceptors (Lipinski definition) is 5. The minimum atomic E-state index is -1.17. The maximum absolute atomic E-state index is 12.1. The van der Waals surface area contributed by atoms with Gasteiger partial charge in [0.25, 0.3) is 6.47 Å². The second-order valence-electron chi connectivity index (χ2n) is 9.05. The summed E-state index contributed by atoms with van der Waals surface area (Å²) in [6.07, 6.45) is 4.51. The fraction of sp³-hybridized carbons (Fsp3) is 0.464. The van der Waals surface area contributed by atoms with Crippen molar-refractivity contribution in [3.63, 3.8) is 0 Å². The predicted octanol–water partition coefficient (Wildman–Crippen LogP) is 4.97. The second-order valence-corrected chi connectivity index (χ2v) is 9.05. The van der Waals surface area contributed by atoms with Crippen LogP contribution in [0.5, 0.6) is 0 Å². The topological polar surface area (TPSA) is 65.0 Å². The lowest BCUT2D eigenvalue weighted by Crippen LogP contribution is -2.64. The Hall–Kier alpha value is -2.47. The predicted molar refractivity (Wildman–Crippen MR) is 126 cm³/mol. The maximum Gasteiger partial charge on any atom is 0.293 e. The lowest BCUT2D eigenvalue weighted by Gasteiger charge is -2.53. The molecule has 0 aliphatic heterocycles. The highest BCUT2D eigenvalue weighted by molar-refractivity contribution is 5.40. The molecule has 0 bridgehead atoms. The van der Waals surface area contributed by atoms with E-state index < -0.39 is 23.9 Å². The highest BCUT2D eigenvalue weighted by atomic mass is 16.6. The zero-order valence-electron chi connectivity index (χ0n) is 19.3. The van der Waals surface area contributed by atoms with E-state index in [9.17, 15) is 9.90 Å². The molecule has 0 radical (unpaired) electrons. The van der Waals surface area contributed by atoms with Gasteiger partial charge in [-0.05, 0) is 42.4 Å². The third-order valence-corrected chi connectivity index (χ3v) is 6.87. The Bertz CT molecular complexity index is 912. The minimum absolute atomic E-state index is 0.0714. The van der Waals surface area contributed by atoms with Crippen LogP contribution in [-0.4, -0.2) is 35.5 Å². The fourth-order valence-electron chi connectivity index (χ4n) is 5.42. The minimum Gasteiger partial charge on any atom is -0.461 e. The standard InChI is InChI=1S/C28H34O5/c1-2-17-28(30)24-16-10-9-15-23(24)25(33-20-29)26(31-18-21-11-5-3-6-12-21)27(28)32-19-22-13-7-4-8-14-22/h3-8,11-14,16,20,23,25-27,30H,2,9-10,15,17-19H2,1H3/t23-,25-,26+,27-,28+/m1/s1. The quantitative estimate of drug-likeness (QED) is 0.409. The van der Waals surface area contributed by atoms with E-state index in [4.69, 9.17) is 14.2 Å². The van der Waals surface area contributed by atoms with Crippen LogP contribution in [-0.2, 0) is 32.2 Å². The molecule has 1 saturated carbocycles. The maximum atomic E-state index is 12.1. The number of aliphatic hydroxyl groups is 1. The van der Waals surface area contributed by atoms with Crippen molar-refractivity contribution in [3.05, 3.63) is 83.4 Å². The van der Waals surface area contributed by atoms with E-state index in [1.54, 1.807) is 0 Å². The lowest BCUT2D eigenvalue weighted by molar-refractivity contribution is -0.226. The van der Waals surface area contributed by atoms with Gasteiger partial charge in [-0.2, -0.15) is 0 Å². The summed E-state index contributed by atoms with van der Waals surface area (Å²) in [5, 5.41) is 12.1. The first-order valence-corrected chi connectivity index (χ1v) is 12.0. The Morgan fingerprint density at radius 1 is 0.970 bits per heavy atom. The second kappa shape index (κ2) is 11.1. The molecule has 5 nitrogen and oxygen atoms in total. The zero-order chi connectivity index (χ0) is 23.1. The van der Waals surface area contributed by atoms with Crippen molar-refractivity contribution >= 4 is 6.47 Å². The van der Waals surface area contributed by atoms with Gasteiger partial charge in [-0.1, -0.05) is 80.1 Å². The van der Waals surface area contributed by atoms with Gasteiger partial charge in [-0.25, -0.2) is 0 Å². The van der Waals surface area contributed by atoms with Crippen LogP contribution in [0.4, 0.5) is 0 Å². The molecule has 2 aliphatic rings. The van der Waals surface area contributed by atoms with E-state index in [1.807, 2.05) is 60.7 Å². The van der Waals surface area contributed by atoms with Gasteiger partial charge < -0.3 is 19.3 Å². The molecule has 1 fully saturated rings. The van der Waals surface area contributed by atoms with Crippen LogP contribution < -0.4 is 0 Å². The molecule has 2 aromatic carbocycles. The average molecular weight is 451 g/mol. The van der Waals surface area contributed by atoms with Crippen LogP contribution in [0.3, 0.4) is 0 Å². The van der Waals surface area contributed by atoms with E-state index in [0.29, 0.717) is 26.1 Å². The van der Waals surface area contributed by atoms with Crippen molar-refractivity contribution in [1.29, 1.82) is 0 Å². The first-order valence-electron chi connectivity index (χ1n) is 12.0. The van der Waals surface area contributed by atoms with Gasteiger partial charge in [-0.3, -0.25) is 4.79 Å². The van der Waals surface area contributed by atoms with E-state index >= 15 is 0 Å². The SMILES string of the molecule is CCC[C@]1(O)C2=CCCC[C@H]2[C@@H](OC=O)[C@H](OCc2ccccc2)[C@H]1OCc1ccccc1. The summed E-state index contributed by atoms with van der Waals surface area (Å²) in [4.78, 5) is 11.5. The normalized spacial score (nSPS) is 29.1. The van der Waals surface area contributed by atoms with Gasteiger partial charge in [0.15, 0.2) is 0 Å². The van der Waals surface area contributed by atoms with Gasteiger partial charge >= 0.3 is 0 Å². The lowest BCUT2D eigenvalue weighted by atomic mass is 9.63. The van der Waals surface area contributed by atoms with E-state index in [-0.39, 0.29) is 5.92 Å². The van der Waals surface area contributed by atoms with E-state index in [2.05, 4.69) is 13.0 Å². The van der Waals surface area contributed by atoms with Gasteiger partial charge in [0, 0.05) is 5.92 Å². The highest BCUT2D eigenvalue weighted by Crippen LogP contribution is 2.48. The number of carbonyl (C=O) groups is 1. The number of benzene rings is 2. The molecule has 33 heavy (non-hydrogen) atoms. The highest BCUT2D eigenvalue weighted by Gasteiger charge is 2.57. The van der Waals surface area contributed by atoms with Gasteiger partial charge in [0.05, 0.1) is 13.2 Å². The first-order chi connectivity index (χ1) is 16.2. The summed E-state index contributed by atoms with van der Waals surface area (Å²) in [7, 11) is 0. The van der Waals surface area contributed by atoms with Crippen LogP contribution >= 0.6 is 0 Å². The molecule has 2 aromatic rings. The van der Waals surface area contributed by atoms with Gasteiger partial charge in [0.2, 0.25) is 0 Å². The Kier molecular flexibility index (Phi) is 7.97. The Morgan fingerprint density at radius 3 is 2.21 bits per heavy atom. The summed E-state index contributed by atoms with van der Waals surface area (Å²) in [6, 6.07) is 19.8. The Balaban J connectivity index is 1.69. The molecule has 176 valence electrons. The molecule has 0 amide bonds. The third kappa shape index (κ3) is 5.21. The Morgan fingerprint density at radius 2 is 1.61 bits per heavy atom. The fourth-order valence-corrected chi connectivity index (χ4v) is 5.42. The van der Waals surface area contributed by atoms with Crippen molar-refractivity contribution in [3.8, 4) is 0 Å². The summed E-state index contributed by atoms with van der Waals surface area (Å²) < 4.78 is 18.6. The van der Waals surface area contributed by atoms with E-state index in [0.717, 1.165) is 42.4 Å². The van der Waals surface area contributed by atoms with Crippen molar-refractivity contribution < 1.29 is 24.1 Å². The molecule has 2 aliphatic carbocycles. The van der Waals surface area contributed by atoms with Gasteiger partial charge in [0.1, 0.15) is 23.9 Å². The van der Waals surface area contributed by atoms with E-state index in [1.165, 1.54) is 0 Å². The molecule has 0 heterocycles. The Labute approximate surface area is 196 Å². The third-order valence-electron chi connectivity index (χ3n) is 6.87. The van der Waals surface area contributed by atoms with Crippen LogP contribution in [0.15, 0.2) is 72.3 Å². The van der Waals surface area contributed by atoms with Crippen molar-refractivity contribution in [2.75, 3.05) is 0 Å². The molecule has 5 atom stereocenters. The van der Waals surface area contributed by atoms with Crippen LogP contribution in [0.1, 0.15) is 50.2 Å². The summed E-state index contributed by atoms with van der Waals surface area (Å²) in [5.74, 6) is -0.0714. The number of allylic oxidation sites excluding steroid dienone is 1. The molecule has 0 spiro atoms. The molecule has 5 heteroatoms. The molecule has 1 N–H and O–H groups in total. The number of carbonyl (C=O) groups excluding carboxylic acids is 1. The molecular formula is C28H34O5. The zero-order valence-corrected chi connectivity index (χ0v) is 19.3. The van der Waals surface area contributed by atoms with Crippen molar-refractivity contribution in [1.82, 2.24) is 0 Å². The number of fused-ring (bicyclic) bond motifs is 1. The average Bonchev–Trinajstić information content (AvgIpc) is 2.86. The summed E-state index contributed by atoms with van der Waals surface area (Å²) in [6.45, 7) is 3.27. The summed E-state index contributed by atoms with van der Waals surface area (Å²) >= 11 is 0. The summed E-state index contributed by atoms with van der Waals surface area (Å²) in [5.41, 5.74) is 1.82. The van der Waals surface area contributed by atoms with Crippen LogP contribution in [0.25, 0.3) is 0 Å².